The SMILES string of the molecule is COc1ccc(O)c(C2C3=CCC4C(=O)N(c5ccc(-c6nc7ccccc7o6)cc5)C(=O)C4C3CC3C(=O)N(Nc4ccc(C)cc4)C(=O)C32c2ccccc2)c1. The van der Waals surface area contributed by atoms with Crippen LogP contribution in [0, 0.1) is 30.6 Å². The molecule has 6 atom stereocenters. The summed E-state index contributed by atoms with van der Waals surface area (Å²) in [6, 6.07) is 35.9. The van der Waals surface area contributed by atoms with Gasteiger partial charge in [0, 0.05) is 17.0 Å². The Morgan fingerprint density at radius 2 is 1.57 bits per heavy atom. The van der Waals surface area contributed by atoms with Crippen LogP contribution in [0.25, 0.3) is 22.6 Å². The van der Waals surface area contributed by atoms with Crippen molar-refractivity contribution < 1.29 is 33.4 Å². The number of ether oxygens (including phenoxy) is 1. The maximum absolute atomic E-state index is 15.4. The van der Waals surface area contributed by atoms with Crippen molar-refractivity contribution >= 4 is 46.1 Å². The van der Waals surface area contributed by atoms with Crippen molar-refractivity contribution in [1.29, 1.82) is 0 Å². The van der Waals surface area contributed by atoms with E-state index in [1.54, 1.807) is 36.4 Å². The van der Waals surface area contributed by atoms with Gasteiger partial charge in [-0.1, -0.05) is 71.8 Å². The number of hydrogen-bond acceptors (Lipinski definition) is 9. The molecule has 11 nitrogen and oxygen atoms in total. The summed E-state index contributed by atoms with van der Waals surface area (Å²) in [6.45, 7) is 1.95. The third-order valence-electron chi connectivity index (χ3n) is 12.6. The van der Waals surface area contributed by atoms with Gasteiger partial charge in [0.15, 0.2) is 5.58 Å². The number of imide groups is 2. The van der Waals surface area contributed by atoms with Gasteiger partial charge >= 0.3 is 0 Å². The minimum atomic E-state index is -1.53. The molecular formula is C47H38N4O7. The Kier molecular flexibility index (Phi) is 8.12. The summed E-state index contributed by atoms with van der Waals surface area (Å²) < 4.78 is 11.6. The molecule has 4 amide bonds. The molecule has 3 heterocycles. The Labute approximate surface area is 333 Å². The van der Waals surface area contributed by atoms with Crippen molar-refractivity contribution in [3.63, 3.8) is 0 Å². The van der Waals surface area contributed by atoms with Crippen LogP contribution in [0.1, 0.15) is 35.4 Å². The van der Waals surface area contributed by atoms with E-state index in [1.165, 1.54) is 18.1 Å². The van der Waals surface area contributed by atoms with Crippen LogP contribution in [-0.2, 0) is 24.6 Å². The van der Waals surface area contributed by atoms with E-state index in [0.717, 1.165) is 21.7 Å². The first kappa shape index (κ1) is 35.4. The predicted octanol–water partition coefficient (Wildman–Crippen LogP) is 7.71. The standard InChI is InChI=1S/C47H38N4O7/c1-26-12-16-29(17-13-26)49-51-44(54)36-25-34-32(41(35-24-31(57-2)20-23-38(35)52)47(36,46(51)56)28-8-4-3-5-9-28)21-22-33-40(34)45(55)50(43(33)53)30-18-14-27(15-19-30)42-48-37-10-6-7-11-39(37)58-42/h3-21,23-24,33-34,36,40-41,49,52H,22,25H2,1-2H3. The maximum atomic E-state index is 15.4. The highest BCUT2D eigenvalue weighted by atomic mass is 16.5. The molecule has 0 spiro atoms. The second-order valence-electron chi connectivity index (χ2n) is 15.6. The number of carbonyl (C=O) groups excluding carboxylic acids is 4. The second-order valence-corrected chi connectivity index (χ2v) is 15.6. The molecule has 2 saturated heterocycles. The summed E-state index contributed by atoms with van der Waals surface area (Å²) in [5.41, 5.74) is 7.38. The number of nitrogens with zero attached hydrogens (tertiary/aromatic N) is 3. The number of phenolic OH excluding ortho intramolecular Hbond substituents is 1. The molecule has 6 aromatic rings. The molecular weight excluding hydrogens is 733 g/mol. The molecule has 2 N–H and O–H groups in total. The monoisotopic (exact) mass is 770 g/mol. The van der Waals surface area contributed by atoms with Crippen molar-refractivity contribution in [2.24, 2.45) is 23.7 Å². The first-order chi connectivity index (χ1) is 28.2. The van der Waals surface area contributed by atoms with Gasteiger partial charge in [0.2, 0.25) is 17.7 Å². The third kappa shape index (κ3) is 5.15. The molecule has 1 aromatic heterocycles. The maximum Gasteiger partial charge on any atom is 0.260 e. The molecule has 2 aliphatic carbocycles. The van der Waals surface area contributed by atoms with Crippen LogP contribution in [0.15, 0.2) is 137 Å². The lowest BCUT2D eigenvalue weighted by Gasteiger charge is -2.50. The van der Waals surface area contributed by atoms with Gasteiger partial charge in [-0.05, 0) is 98.0 Å². The normalized spacial score (nSPS) is 25.1. The van der Waals surface area contributed by atoms with Crippen LogP contribution in [-0.4, -0.2) is 45.8 Å². The van der Waals surface area contributed by atoms with Gasteiger partial charge in [-0.25, -0.2) is 4.98 Å². The van der Waals surface area contributed by atoms with Gasteiger partial charge in [-0.2, -0.15) is 5.01 Å². The van der Waals surface area contributed by atoms with E-state index in [9.17, 15) is 19.5 Å². The topological polar surface area (TPSA) is 142 Å². The highest BCUT2D eigenvalue weighted by Gasteiger charge is 2.70. The summed E-state index contributed by atoms with van der Waals surface area (Å²) in [4.78, 5) is 65.3. The first-order valence-corrected chi connectivity index (χ1v) is 19.4. The Bertz CT molecular complexity index is 2660. The van der Waals surface area contributed by atoms with Gasteiger partial charge in [0.25, 0.3) is 11.8 Å². The summed E-state index contributed by atoms with van der Waals surface area (Å²) in [6.07, 6.45) is 2.33. The number of rotatable bonds is 7. The number of anilines is 2. The molecule has 1 saturated carbocycles. The van der Waals surface area contributed by atoms with Gasteiger partial charge < -0.3 is 14.3 Å². The summed E-state index contributed by atoms with van der Waals surface area (Å²) >= 11 is 0. The number of carbonyl (C=O) groups is 4. The average Bonchev–Trinajstić information content (AvgIpc) is 3.87. The zero-order chi connectivity index (χ0) is 39.9. The van der Waals surface area contributed by atoms with Crippen molar-refractivity contribution in [1.82, 2.24) is 9.99 Å². The fraction of sp³-hybridized carbons (Fsp3) is 0.213. The number of aromatic hydroxyl groups is 1. The third-order valence-corrected chi connectivity index (χ3v) is 12.6. The van der Waals surface area contributed by atoms with Crippen molar-refractivity contribution in [3.8, 4) is 23.0 Å². The summed E-state index contributed by atoms with van der Waals surface area (Å²) in [5.74, 6) is -4.79. The quantitative estimate of drug-likeness (QED) is 0.123. The van der Waals surface area contributed by atoms with Crippen LogP contribution < -0.4 is 15.1 Å². The molecule has 2 aliphatic heterocycles. The van der Waals surface area contributed by atoms with E-state index in [1.807, 2.05) is 91.9 Å². The number of amides is 4. The van der Waals surface area contributed by atoms with Crippen LogP contribution in [0.4, 0.5) is 11.4 Å². The molecule has 0 bridgehead atoms. The van der Waals surface area contributed by atoms with Crippen LogP contribution in [0.2, 0.25) is 0 Å². The van der Waals surface area contributed by atoms with Gasteiger partial charge in [-0.3, -0.25) is 29.5 Å². The van der Waals surface area contributed by atoms with Crippen LogP contribution in [0.3, 0.4) is 0 Å². The van der Waals surface area contributed by atoms with E-state index in [2.05, 4.69) is 10.4 Å². The highest BCUT2D eigenvalue weighted by molar-refractivity contribution is 6.22. The molecule has 10 rings (SSSR count). The first-order valence-electron chi connectivity index (χ1n) is 19.4. The highest BCUT2D eigenvalue weighted by Crippen LogP contribution is 2.65. The van der Waals surface area contributed by atoms with E-state index in [-0.39, 0.29) is 30.4 Å². The Balaban J connectivity index is 1.08. The molecule has 0 radical (unpaired) electrons. The number of oxazole rings is 1. The fourth-order valence-electron chi connectivity index (χ4n) is 9.99. The number of hydrogen-bond donors (Lipinski definition) is 2. The largest absolute Gasteiger partial charge is 0.508 e. The molecule has 6 unspecified atom stereocenters. The van der Waals surface area contributed by atoms with Gasteiger partial charge in [-0.15, -0.1) is 0 Å². The number of benzene rings is 5. The number of nitrogens with one attached hydrogen (secondary N) is 1. The minimum Gasteiger partial charge on any atom is -0.508 e. The number of methoxy groups -OCH3 is 1. The minimum absolute atomic E-state index is 0.0804. The van der Waals surface area contributed by atoms with E-state index in [4.69, 9.17) is 9.15 Å². The number of aryl methyl sites for hydroxylation is 1. The van der Waals surface area contributed by atoms with E-state index in [0.29, 0.717) is 45.3 Å². The zero-order valence-electron chi connectivity index (χ0n) is 31.7. The molecule has 11 heteroatoms. The number of para-hydroxylation sites is 2. The van der Waals surface area contributed by atoms with Crippen molar-refractivity contribution in [3.05, 3.63) is 150 Å². The number of aromatic nitrogens is 1. The van der Waals surface area contributed by atoms with E-state index >= 15 is 4.79 Å². The Morgan fingerprint density at radius 1 is 0.828 bits per heavy atom. The second kappa shape index (κ2) is 13.3. The smallest absolute Gasteiger partial charge is 0.260 e. The number of phenols is 1. The summed E-state index contributed by atoms with van der Waals surface area (Å²) in [5, 5.41) is 12.8. The van der Waals surface area contributed by atoms with Crippen molar-refractivity contribution in [2.45, 2.75) is 31.1 Å². The lowest BCUT2D eigenvalue weighted by Crippen LogP contribution is -2.53. The predicted molar refractivity (Wildman–Crippen MR) is 215 cm³/mol. The number of hydrazine groups is 1. The van der Waals surface area contributed by atoms with Gasteiger partial charge in [0.05, 0.1) is 41.7 Å². The molecule has 58 heavy (non-hydrogen) atoms. The lowest BCUT2D eigenvalue weighted by atomic mass is 9.49. The molecule has 4 aliphatic rings. The lowest BCUT2D eigenvalue weighted by molar-refractivity contribution is -0.138. The number of fused-ring (bicyclic) bond motifs is 5. The molecule has 5 aromatic carbocycles. The Hall–Kier alpha value is -7.01. The molecule has 288 valence electrons. The Morgan fingerprint density at radius 3 is 2.31 bits per heavy atom. The fourth-order valence-corrected chi connectivity index (χ4v) is 9.99. The van der Waals surface area contributed by atoms with Crippen molar-refractivity contribution in [2.75, 3.05) is 17.4 Å². The number of allylic oxidation sites excluding steroid dienone is 2. The zero-order valence-corrected chi connectivity index (χ0v) is 31.7. The average molecular weight is 771 g/mol. The summed E-state index contributed by atoms with van der Waals surface area (Å²) in [7, 11) is 1.52. The molecule has 3 fully saturated rings. The van der Waals surface area contributed by atoms with Crippen LogP contribution >= 0.6 is 0 Å². The van der Waals surface area contributed by atoms with E-state index < -0.39 is 46.8 Å². The van der Waals surface area contributed by atoms with Gasteiger partial charge in [0.1, 0.15) is 17.0 Å². The van der Waals surface area contributed by atoms with Crippen LogP contribution in [0.5, 0.6) is 11.5 Å².